The van der Waals surface area contributed by atoms with Crippen LogP contribution in [0.3, 0.4) is 0 Å². The minimum atomic E-state index is -1.29. The molecule has 1 aliphatic heterocycles. The van der Waals surface area contributed by atoms with Gasteiger partial charge in [0.15, 0.2) is 0 Å². The highest BCUT2D eigenvalue weighted by molar-refractivity contribution is 5.47. The molecule has 1 aromatic heterocycles. The van der Waals surface area contributed by atoms with E-state index in [2.05, 4.69) is 9.68 Å². The van der Waals surface area contributed by atoms with Gasteiger partial charge in [0.05, 0.1) is 17.7 Å². The van der Waals surface area contributed by atoms with Crippen molar-refractivity contribution in [3.05, 3.63) is 83.3 Å². The SMILES string of the molecule is CC1(C)Oc2ccc(C#N)cc2[C@@H](n2cc(CO[N+](=O)[O-])cc(CO[N+](=O)[O-])c2=O)[C@@H]1O. The molecule has 0 spiro atoms. The summed E-state index contributed by atoms with van der Waals surface area (Å²) in [6, 6.07) is 6.61. The van der Waals surface area contributed by atoms with Crippen molar-refractivity contribution < 1.29 is 29.7 Å². The van der Waals surface area contributed by atoms with Crippen LogP contribution in [0.15, 0.2) is 35.3 Å². The van der Waals surface area contributed by atoms with Crippen molar-refractivity contribution in [1.29, 1.82) is 5.26 Å². The van der Waals surface area contributed by atoms with Crippen LogP contribution >= 0.6 is 0 Å². The van der Waals surface area contributed by atoms with Gasteiger partial charge >= 0.3 is 0 Å². The lowest BCUT2D eigenvalue weighted by molar-refractivity contribution is -0.763. The molecule has 2 atom stereocenters. The Morgan fingerprint density at radius 2 is 1.88 bits per heavy atom. The van der Waals surface area contributed by atoms with Gasteiger partial charge in [0, 0.05) is 17.3 Å². The molecule has 32 heavy (non-hydrogen) atoms. The monoisotopic (exact) mass is 446 g/mol. The summed E-state index contributed by atoms with van der Waals surface area (Å²) in [6.45, 7) is 1.94. The molecule has 0 saturated carbocycles. The normalized spacial score (nSPS) is 18.6. The van der Waals surface area contributed by atoms with Crippen molar-refractivity contribution in [2.45, 2.75) is 44.8 Å². The zero-order valence-electron chi connectivity index (χ0n) is 17.0. The number of hydrogen-bond donors (Lipinski definition) is 1. The van der Waals surface area contributed by atoms with Crippen LogP contribution in [0, 0.1) is 31.6 Å². The van der Waals surface area contributed by atoms with Crippen LogP contribution in [-0.2, 0) is 22.9 Å². The van der Waals surface area contributed by atoms with Crippen molar-refractivity contribution in [3.63, 3.8) is 0 Å². The van der Waals surface area contributed by atoms with Crippen LogP contribution in [0.1, 0.15) is 42.1 Å². The van der Waals surface area contributed by atoms with Crippen LogP contribution in [0.4, 0.5) is 0 Å². The number of pyridine rings is 1. The van der Waals surface area contributed by atoms with Crippen LogP contribution < -0.4 is 10.3 Å². The summed E-state index contributed by atoms with van der Waals surface area (Å²) in [6.07, 6.45) is -0.0443. The molecule has 0 amide bonds. The van der Waals surface area contributed by atoms with Gasteiger partial charge in [-0.2, -0.15) is 5.26 Å². The van der Waals surface area contributed by atoms with E-state index in [1.165, 1.54) is 30.5 Å². The molecule has 1 N–H and O–H groups in total. The molecule has 2 heterocycles. The number of aliphatic hydroxyl groups is 1. The molecule has 0 saturated heterocycles. The van der Waals surface area contributed by atoms with Gasteiger partial charge < -0.3 is 24.1 Å². The molecule has 0 fully saturated rings. The molecule has 13 heteroatoms. The van der Waals surface area contributed by atoms with Gasteiger partial charge in [-0.25, -0.2) is 0 Å². The minimum absolute atomic E-state index is 0.137. The van der Waals surface area contributed by atoms with Crippen LogP contribution in [0.5, 0.6) is 5.75 Å². The largest absolute Gasteiger partial charge is 0.485 e. The summed E-state index contributed by atoms with van der Waals surface area (Å²) >= 11 is 0. The number of ether oxygens (including phenoxy) is 1. The third kappa shape index (κ3) is 4.44. The van der Waals surface area contributed by atoms with E-state index in [0.29, 0.717) is 11.3 Å². The standard InChI is InChI=1S/C19H18N4O9/c1-19(2)17(24)16(14-6-11(7-20)3-4-15(14)32-19)21-8-12(9-30-22(26)27)5-13(18(21)25)10-31-23(28)29/h3-6,8,16-17,24H,9-10H2,1-2H3/t16-,17+/m1/s1. The van der Waals surface area contributed by atoms with E-state index in [0.717, 1.165) is 4.57 Å². The molecule has 168 valence electrons. The van der Waals surface area contributed by atoms with Gasteiger partial charge in [-0.05, 0) is 43.7 Å². The first-order chi connectivity index (χ1) is 15.0. The maximum Gasteiger partial charge on any atom is 0.294 e. The van der Waals surface area contributed by atoms with Crippen molar-refractivity contribution in [2.75, 3.05) is 0 Å². The molecule has 13 nitrogen and oxygen atoms in total. The second-order valence-electron chi connectivity index (χ2n) is 7.54. The smallest absolute Gasteiger partial charge is 0.294 e. The van der Waals surface area contributed by atoms with E-state index in [1.807, 2.05) is 6.07 Å². The van der Waals surface area contributed by atoms with Crippen LogP contribution in [0.25, 0.3) is 0 Å². The summed E-state index contributed by atoms with van der Waals surface area (Å²) in [5, 5.41) is 39.4. The maximum absolute atomic E-state index is 13.2. The first kappa shape index (κ1) is 22.5. The Labute approximate surface area is 180 Å². The van der Waals surface area contributed by atoms with Crippen molar-refractivity contribution >= 4 is 0 Å². The Kier molecular flexibility index (Phi) is 5.99. The molecule has 0 radical (unpaired) electrons. The average molecular weight is 446 g/mol. The highest BCUT2D eigenvalue weighted by Gasteiger charge is 2.44. The molecule has 0 bridgehead atoms. The number of nitrogens with zero attached hydrogens (tertiary/aromatic N) is 4. The Balaban J connectivity index is 2.21. The Hall–Kier alpha value is -4.18. The van der Waals surface area contributed by atoms with Gasteiger partial charge in [-0.1, -0.05) is 0 Å². The molecule has 3 rings (SSSR count). The Morgan fingerprint density at radius 1 is 1.22 bits per heavy atom. The molecule has 0 unspecified atom stereocenters. The van der Waals surface area contributed by atoms with Crippen LogP contribution in [0.2, 0.25) is 0 Å². The molecule has 1 aromatic carbocycles. The number of aliphatic hydroxyl groups excluding tert-OH is 1. The average Bonchev–Trinajstić information content (AvgIpc) is 2.72. The topological polar surface area (TPSA) is 180 Å². The lowest BCUT2D eigenvalue weighted by Gasteiger charge is -2.42. The van der Waals surface area contributed by atoms with E-state index in [9.17, 15) is 35.4 Å². The zero-order valence-corrected chi connectivity index (χ0v) is 17.0. The fraction of sp³-hybridized carbons (Fsp3) is 0.368. The predicted octanol–water partition coefficient (Wildman–Crippen LogP) is 1.26. The summed E-state index contributed by atoms with van der Waals surface area (Å²) in [4.78, 5) is 43.1. The molecule has 1 aliphatic rings. The second kappa shape index (κ2) is 8.52. The number of hydrogen-bond acceptors (Lipinski definition) is 10. The number of fused-ring (bicyclic) bond motifs is 1. The van der Waals surface area contributed by atoms with Gasteiger partial charge in [0.25, 0.3) is 15.7 Å². The first-order valence-corrected chi connectivity index (χ1v) is 9.23. The van der Waals surface area contributed by atoms with Gasteiger partial charge in [-0.3, -0.25) is 4.79 Å². The third-order valence-electron chi connectivity index (χ3n) is 4.98. The van der Waals surface area contributed by atoms with Gasteiger partial charge in [-0.15, -0.1) is 20.2 Å². The van der Waals surface area contributed by atoms with Crippen molar-refractivity contribution in [2.24, 2.45) is 0 Å². The Bertz CT molecular complexity index is 1170. The van der Waals surface area contributed by atoms with Crippen LogP contribution in [-0.4, -0.2) is 31.6 Å². The number of rotatable bonds is 7. The summed E-state index contributed by atoms with van der Waals surface area (Å²) < 4.78 is 6.93. The minimum Gasteiger partial charge on any atom is -0.485 e. The fourth-order valence-corrected chi connectivity index (χ4v) is 3.50. The highest BCUT2D eigenvalue weighted by atomic mass is 17.0. The lowest BCUT2D eigenvalue weighted by Crippen LogP contribution is -2.52. The number of benzene rings is 1. The quantitative estimate of drug-likeness (QED) is 0.480. The van der Waals surface area contributed by atoms with Crippen molar-refractivity contribution in [1.82, 2.24) is 4.57 Å². The van der Waals surface area contributed by atoms with Gasteiger partial charge in [0.2, 0.25) is 0 Å². The van der Waals surface area contributed by atoms with Gasteiger partial charge in [0.1, 0.15) is 30.7 Å². The number of aromatic nitrogens is 1. The van der Waals surface area contributed by atoms with E-state index >= 15 is 0 Å². The Morgan fingerprint density at radius 3 is 2.50 bits per heavy atom. The summed E-state index contributed by atoms with van der Waals surface area (Å²) in [5.41, 5.74) is -1.35. The van der Waals surface area contributed by atoms with E-state index in [-0.39, 0.29) is 16.7 Å². The predicted molar refractivity (Wildman–Crippen MR) is 104 cm³/mol. The third-order valence-corrected chi connectivity index (χ3v) is 4.98. The molecular formula is C19H18N4O9. The van der Waals surface area contributed by atoms with E-state index in [4.69, 9.17) is 4.74 Å². The maximum atomic E-state index is 13.2. The molecule has 0 aliphatic carbocycles. The highest BCUT2D eigenvalue weighted by Crippen LogP contribution is 2.41. The summed E-state index contributed by atoms with van der Waals surface area (Å²) in [5.74, 6) is 0.325. The summed E-state index contributed by atoms with van der Waals surface area (Å²) in [7, 11) is 0. The molecular weight excluding hydrogens is 428 g/mol. The number of nitriles is 1. The lowest BCUT2D eigenvalue weighted by atomic mass is 9.85. The van der Waals surface area contributed by atoms with Crippen molar-refractivity contribution in [3.8, 4) is 11.8 Å². The fourth-order valence-electron chi connectivity index (χ4n) is 3.50. The zero-order chi connectivity index (χ0) is 23.6. The molecule has 2 aromatic rings. The first-order valence-electron chi connectivity index (χ1n) is 9.23. The van der Waals surface area contributed by atoms with E-state index < -0.39 is 46.7 Å². The van der Waals surface area contributed by atoms with E-state index in [1.54, 1.807) is 13.8 Å². The second-order valence-corrected chi connectivity index (χ2v) is 7.54.